The lowest BCUT2D eigenvalue weighted by Gasteiger charge is -2.14. The van der Waals surface area contributed by atoms with E-state index in [4.69, 9.17) is 4.42 Å². The molecule has 140 valence electrons. The molecule has 0 aliphatic carbocycles. The van der Waals surface area contributed by atoms with Gasteiger partial charge < -0.3 is 4.42 Å². The Morgan fingerprint density at radius 2 is 1.63 bits per heavy atom. The Morgan fingerprint density at radius 3 is 2.19 bits per heavy atom. The lowest BCUT2D eigenvalue weighted by molar-refractivity contribution is 0.101. The molecule has 0 aliphatic heterocycles. The van der Waals surface area contributed by atoms with E-state index in [-0.39, 0.29) is 16.4 Å². The molecule has 0 spiro atoms. The summed E-state index contributed by atoms with van der Waals surface area (Å²) >= 11 is 0. The van der Waals surface area contributed by atoms with Crippen molar-refractivity contribution in [3.8, 4) is 0 Å². The number of ketones is 1. The molecular formula is C20H19NO5S. The summed E-state index contributed by atoms with van der Waals surface area (Å²) in [6.07, 6.45) is 1.16. The van der Waals surface area contributed by atoms with Crippen molar-refractivity contribution < 1.29 is 17.6 Å². The van der Waals surface area contributed by atoms with Gasteiger partial charge in [0, 0.05) is 11.5 Å². The second-order valence-corrected chi connectivity index (χ2v) is 8.20. The van der Waals surface area contributed by atoms with Gasteiger partial charge in [-0.15, -0.1) is 0 Å². The molecule has 0 aliphatic rings. The topological polar surface area (TPSA) is 86.3 Å². The zero-order valence-corrected chi connectivity index (χ0v) is 16.0. The number of nitrogens with zero attached hydrogens (tertiary/aromatic N) is 1. The number of carbonyl (C=O) groups is 1. The number of aryl methyl sites for hydroxylation is 1. The predicted molar refractivity (Wildman–Crippen MR) is 101 cm³/mol. The molecule has 7 heteroatoms. The number of aromatic nitrogens is 1. The van der Waals surface area contributed by atoms with E-state index in [2.05, 4.69) is 0 Å². The summed E-state index contributed by atoms with van der Waals surface area (Å²) in [5.74, 6) is -1.45. The second-order valence-electron chi connectivity index (χ2n) is 6.41. The van der Waals surface area contributed by atoms with Crippen LogP contribution in [-0.2, 0) is 10.0 Å². The molecule has 0 saturated heterocycles. The van der Waals surface area contributed by atoms with Gasteiger partial charge in [-0.2, -0.15) is 3.97 Å². The molecule has 3 aromatic rings. The van der Waals surface area contributed by atoms with Crippen LogP contribution in [0.25, 0.3) is 0 Å². The third kappa shape index (κ3) is 3.50. The highest BCUT2D eigenvalue weighted by Crippen LogP contribution is 2.26. The van der Waals surface area contributed by atoms with Gasteiger partial charge >= 0.3 is 5.76 Å². The van der Waals surface area contributed by atoms with E-state index in [0.29, 0.717) is 9.54 Å². The highest BCUT2D eigenvalue weighted by molar-refractivity contribution is 7.90. The largest absolute Gasteiger partial charge is 0.433 e. The predicted octanol–water partition coefficient (Wildman–Crippen LogP) is 3.34. The van der Waals surface area contributed by atoms with Gasteiger partial charge in [-0.3, -0.25) is 4.79 Å². The fraction of sp³-hybridized carbons (Fsp3) is 0.200. The van der Waals surface area contributed by atoms with Crippen molar-refractivity contribution in [1.82, 2.24) is 3.97 Å². The maximum Gasteiger partial charge on any atom is 0.433 e. The van der Waals surface area contributed by atoms with Gasteiger partial charge in [-0.1, -0.05) is 48.9 Å². The van der Waals surface area contributed by atoms with Crippen molar-refractivity contribution >= 4 is 15.8 Å². The molecule has 0 radical (unpaired) electrons. The first kappa shape index (κ1) is 18.8. The number of hydrogen-bond donors (Lipinski definition) is 0. The fourth-order valence-electron chi connectivity index (χ4n) is 2.82. The normalized spacial score (nSPS) is 12.7. The summed E-state index contributed by atoms with van der Waals surface area (Å²) in [5.41, 5.74) is 2.44. The molecule has 0 amide bonds. The van der Waals surface area contributed by atoms with Gasteiger partial charge in [-0.25, -0.2) is 13.2 Å². The minimum Gasteiger partial charge on any atom is -0.415 e. The molecule has 0 fully saturated rings. The van der Waals surface area contributed by atoms with Gasteiger partial charge in [0.15, 0.2) is 5.78 Å². The molecule has 1 aromatic heterocycles. The number of carbonyl (C=O) groups excluding carboxylic acids is 1. The number of rotatable bonds is 5. The Kier molecular flexibility index (Phi) is 4.89. The lowest BCUT2D eigenvalue weighted by atomic mass is 9.97. The van der Waals surface area contributed by atoms with Crippen LogP contribution in [0.1, 0.15) is 46.9 Å². The quantitative estimate of drug-likeness (QED) is 0.629. The Morgan fingerprint density at radius 1 is 1.04 bits per heavy atom. The van der Waals surface area contributed by atoms with Crippen molar-refractivity contribution in [1.29, 1.82) is 0 Å². The van der Waals surface area contributed by atoms with Crippen molar-refractivity contribution in [3.63, 3.8) is 0 Å². The number of Topliss-reactive ketones (excluding diaryl/α,β-unsaturated/α-hetero) is 1. The number of benzene rings is 2. The monoisotopic (exact) mass is 385 g/mol. The SMILES string of the molecule is CC(=O)c1ccc(C(C)c2coc(=O)n2S(=O)(=O)c2ccc(C)cc2)cc1. The zero-order valence-electron chi connectivity index (χ0n) is 15.2. The Bertz CT molecular complexity index is 1140. The lowest BCUT2D eigenvalue weighted by Crippen LogP contribution is -2.26. The third-order valence-corrected chi connectivity index (χ3v) is 6.21. The molecule has 0 N–H and O–H groups in total. The molecule has 1 atom stereocenters. The van der Waals surface area contributed by atoms with E-state index in [0.717, 1.165) is 17.4 Å². The van der Waals surface area contributed by atoms with E-state index >= 15 is 0 Å². The summed E-state index contributed by atoms with van der Waals surface area (Å²) in [4.78, 5) is 23.6. The number of oxazole rings is 1. The van der Waals surface area contributed by atoms with Crippen LogP contribution in [0.5, 0.6) is 0 Å². The summed E-state index contributed by atoms with van der Waals surface area (Å²) in [6.45, 7) is 5.09. The van der Waals surface area contributed by atoms with Gasteiger partial charge in [0.1, 0.15) is 6.26 Å². The Labute approximate surface area is 157 Å². The summed E-state index contributed by atoms with van der Waals surface area (Å²) < 4.78 is 31.6. The van der Waals surface area contributed by atoms with Crippen LogP contribution in [0.3, 0.4) is 0 Å². The highest BCUT2D eigenvalue weighted by atomic mass is 32.2. The van der Waals surface area contributed by atoms with Gasteiger partial charge in [0.25, 0.3) is 10.0 Å². The first-order valence-electron chi connectivity index (χ1n) is 8.35. The standard InChI is InChI=1S/C20H19NO5S/c1-13-4-10-18(11-5-13)27(24,25)21-19(12-26-20(21)23)14(2)16-6-8-17(9-7-16)15(3)22/h4-12,14H,1-3H3. The van der Waals surface area contributed by atoms with Crippen molar-refractivity contribution in [3.05, 3.63) is 87.7 Å². The Balaban J connectivity index is 2.07. The van der Waals surface area contributed by atoms with Gasteiger partial charge in [-0.05, 0) is 31.5 Å². The molecule has 1 heterocycles. The maximum atomic E-state index is 13.0. The average Bonchev–Trinajstić information content (AvgIpc) is 3.04. The third-order valence-electron chi connectivity index (χ3n) is 4.50. The van der Waals surface area contributed by atoms with Gasteiger partial charge in [0.2, 0.25) is 0 Å². The maximum absolute atomic E-state index is 13.0. The minimum atomic E-state index is -4.09. The van der Waals surface area contributed by atoms with Crippen LogP contribution in [0, 0.1) is 6.92 Å². The molecule has 1 unspecified atom stereocenters. The van der Waals surface area contributed by atoms with Gasteiger partial charge in [0.05, 0.1) is 10.6 Å². The smallest absolute Gasteiger partial charge is 0.415 e. The van der Waals surface area contributed by atoms with Crippen LogP contribution in [0.4, 0.5) is 0 Å². The van der Waals surface area contributed by atoms with E-state index in [1.165, 1.54) is 19.1 Å². The van der Waals surface area contributed by atoms with E-state index in [9.17, 15) is 18.0 Å². The highest BCUT2D eigenvalue weighted by Gasteiger charge is 2.27. The molecule has 6 nitrogen and oxygen atoms in total. The van der Waals surface area contributed by atoms with E-state index in [1.54, 1.807) is 43.3 Å². The molecule has 0 saturated carbocycles. The molecule has 0 bridgehead atoms. The van der Waals surface area contributed by atoms with Crippen molar-refractivity contribution in [2.75, 3.05) is 0 Å². The molecule has 2 aromatic carbocycles. The fourth-order valence-corrected chi connectivity index (χ4v) is 4.23. The molecule has 3 rings (SSSR count). The minimum absolute atomic E-state index is 0.0111. The summed E-state index contributed by atoms with van der Waals surface area (Å²) in [7, 11) is -4.09. The molecule has 27 heavy (non-hydrogen) atoms. The number of hydrogen-bond acceptors (Lipinski definition) is 5. The first-order valence-corrected chi connectivity index (χ1v) is 9.79. The average molecular weight is 385 g/mol. The van der Waals surface area contributed by atoms with Crippen molar-refractivity contribution in [2.45, 2.75) is 31.6 Å². The zero-order chi connectivity index (χ0) is 19.8. The van der Waals surface area contributed by atoms with Crippen LogP contribution in [-0.4, -0.2) is 18.2 Å². The Hall–Kier alpha value is -2.93. The van der Waals surface area contributed by atoms with E-state index < -0.39 is 21.7 Å². The first-order chi connectivity index (χ1) is 12.7. The van der Waals surface area contributed by atoms with Crippen LogP contribution in [0.15, 0.2) is 68.9 Å². The summed E-state index contributed by atoms with van der Waals surface area (Å²) in [5, 5.41) is 0. The second kappa shape index (κ2) is 7.00. The van der Waals surface area contributed by atoms with Crippen LogP contribution < -0.4 is 5.76 Å². The van der Waals surface area contributed by atoms with Crippen LogP contribution in [0.2, 0.25) is 0 Å². The van der Waals surface area contributed by atoms with Crippen molar-refractivity contribution in [2.24, 2.45) is 0 Å². The molecular weight excluding hydrogens is 366 g/mol. The van der Waals surface area contributed by atoms with Crippen LogP contribution >= 0.6 is 0 Å². The summed E-state index contributed by atoms with van der Waals surface area (Å²) in [6, 6.07) is 13.1. The van der Waals surface area contributed by atoms with E-state index in [1.807, 2.05) is 6.92 Å².